The van der Waals surface area contributed by atoms with Crippen LogP contribution < -0.4 is 9.47 Å². The molecule has 0 aromatic carbocycles. The Labute approximate surface area is 116 Å². The third-order valence-electron chi connectivity index (χ3n) is 3.01. The summed E-state index contributed by atoms with van der Waals surface area (Å²) in [6, 6.07) is 0.232. The summed E-state index contributed by atoms with van der Waals surface area (Å²) in [6.07, 6.45) is 4.39. The topological polar surface area (TPSA) is 79.5 Å². The second-order valence-electron chi connectivity index (χ2n) is 4.61. The van der Waals surface area contributed by atoms with Gasteiger partial charge in [-0.15, -0.1) is 0 Å². The predicted molar refractivity (Wildman–Crippen MR) is 69.9 cm³/mol. The first kappa shape index (κ1) is 13.1. The van der Waals surface area contributed by atoms with Crippen LogP contribution in [0.1, 0.15) is 26.2 Å². The molecule has 0 N–H and O–H groups in total. The molecule has 2 aromatic rings. The number of hydrogen-bond acceptors (Lipinski definition) is 7. The molecule has 20 heavy (non-hydrogen) atoms. The van der Waals surface area contributed by atoms with Crippen molar-refractivity contribution >= 4 is 11.2 Å². The van der Waals surface area contributed by atoms with Crippen LogP contribution in [0.5, 0.6) is 11.9 Å². The first-order chi connectivity index (χ1) is 9.86. The molecule has 3 rings (SSSR count). The van der Waals surface area contributed by atoms with E-state index in [1.54, 1.807) is 0 Å². The van der Waals surface area contributed by atoms with Crippen molar-refractivity contribution in [3.05, 3.63) is 6.39 Å². The van der Waals surface area contributed by atoms with E-state index in [1.807, 2.05) is 6.92 Å². The Hall–Kier alpha value is -1.89. The lowest BCUT2D eigenvalue weighted by atomic mass is 10.2. The van der Waals surface area contributed by atoms with E-state index in [4.69, 9.17) is 18.6 Å². The van der Waals surface area contributed by atoms with Gasteiger partial charge in [-0.05, 0) is 19.3 Å². The van der Waals surface area contributed by atoms with Gasteiger partial charge in [-0.25, -0.2) is 4.98 Å². The van der Waals surface area contributed by atoms with Gasteiger partial charge in [0.05, 0.1) is 12.7 Å². The van der Waals surface area contributed by atoms with Crippen molar-refractivity contribution < 1.29 is 18.6 Å². The molecule has 0 saturated carbocycles. The lowest BCUT2D eigenvalue weighted by molar-refractivity contribution is 0.0642. The summed E-state index contributed by atoms with van der Waals surface area (Å²) in [6.45, 7) is 3.81. The van der Waals surface area contributed by atoms with E-state index in [-0.39, 0.29) is 12.1 Å². The molecule has 2 aromatic heterocycles. The highest BCUT2D eigenvalue weighted by Crippen LogP contribution is 2.24. The van der Waals surface area contributed by atoms with E-state index in [0.29, 0.717) is 30.3 Å². The van der Waals surface area contributed by atoms with Crippen LogP contribution in [0.4, 0.5) is 0 Å². The van der Waals surface area contributed by atoms with Crippen molar-refractivity contribution in [2.24, 2.45) is 0 Å². The first-order valence-electron chi connectivity index (χ1n) is 6.85. The number of oxazole rings is 1. The zero-order valence-electron chi connectivity index (χ0n) is 11.4. The summed E-state index contributed by atoms with van der Waals surface area (Å²) in [7, 11) is 0. The van der Waals surface area contributed by atoms with E-state index in [0.717, 1.165) is 25.9 Å². The second kappa shape index (κ2) is 6.04. The normalized spacial score (nSPS) is 18.6. The number of rotatable bonds is 6. The molecule has 0 radical (unpaired) electrons. The molecule has 0 amide bonds. The van der Waals surface area contributed by atoms with Gasteiger partial charge < -0.3 is 18.6 Å². The standard InChI is InChI=1S/C13H17N3O4/c1-2-5-18-11-10-12(20-8-14-10)16-13(15-11)19-7-9-4-3-6-17-9/h8-9H,2-7H2,1H3. The summed E-state index contributed by atoms with van der Waals surface area (Å²) in [5, 5.41) is 0. The van der Waals surface area contributed by atoms with E-state index in [1.165, 1.54) is 6.39 Å². The fourth-order valence-corrected chi connectivity index (χ4v) is 2.02. The van der Waals surface area contributed by atoms with Gasteiger partial charge in [0.1, 0.15) is 6.61 Å². The molecule has 0 aliphatic carbocycles. The molecule has 7 heteroatoms. The van der Waals surface area contributed by atoms with Gasteiger partial charge in [-0.1, -0.05) is 6.92 Å². The van der Waals surface area contributed by atoms with Gasteiger partial charge in [0.25, 0.3) is 5.71 Å². The molecule has 0 spiro atoms. The van der Waals surface area contributed by atoms with Crippen molar-refractivity contribution in [2.45, 2.75) is 32.3 Å². The number of nitrogens with zero attached hydrogens (tertiary/aromatic N) is 3. The van der Waals surface area contributed by atoms with Crippen molar-refractivity contribution in [3.8, 4) is 11.9 Å². The van der Waals surface area contributed by atoms with Gasteiger partial charge in [-0.3, -0.25) is 0 Å². The Bertz CT molecular complexity index is 566. The maximum absolute atomic E-state index is 5.57. The smallest absolute Gasteiger partial charge is 0.323 e. The lowest BCUT2D eigenvalue weighted by Gasteiger charge is -2.10. The van der Waals surface area contributed by atoms with E-state index in [2.05, 4.69) is 15.0 Å². The first-order valence-corrected chi connectivity index (χ1v) is 6.85. The largest absolute Gasteiger partial charge is 0.476 e. The SMILES string of the molecule is CCCOc1nc(OCC2CCCO2)nc2ocnc12. The highest BCUT2D eigenvalue weighted by molar-refractivity contribution is 5.73. The zero-order valence-corrected chi connectivity index (χ0v) is 11.4. The average molecular weight is 279 g/mol. The zero-order chi connectivity index (χ0) is 13.8. The third kappa shape index (κ3) is 2.82. The molecular weight excluding hydrogens is 262 g/mol. The number of aromatic nitrogens is 3. The summed E-state index contributed by atoms with van der Waals surface area (Å²) in [5.74, 6) is 0.396. The fourth-order valence-electron chi connectivity index (χ4n) is 2.02. The van der Waals surface area contributed by atoms with Crippen LogP contribution in [0.3, 0.4) is 0 Å². The Balaban J connectivity index is 1.75. The molecule has 1 saturated heterocycles. The Kier molecular flexibility index (Phi) is 3.96. The quantitative estimate of drug-likeness (QED) is 0.799. The molecule has 1 unspecified atom stereocenters. The number of fused-ring (bicyclic) bond motifs is 1. The highest BCUT2D eigenvalue weighted by atomic mass is 16.5. The molecule has 108 valence electrons. The van der Waals surface area contributed by atoms with Crippen LogP contribution in [0, 0.1) is 0 Å². The van der Waals surface area contributed by atoms with Gasteiger partial charge in [0.2, 0.25) is 5.88 Å². The summed E-state index contributed by atoms with van der Waals surface area (Å²) in [4.78, 5) is 12.5. The monoisotopic (exact) mass is 279 g/mol. The Morgan fingerprint density at radius 2 is 2.30 bits per heavy atom. The second-order valence-corrected chi connectivity index (χ2v) is 4.61. The molecule has 3 heterocycles. The van der Waals surface area contributed by atoms with Gasteiger partial charge >= 0.3 is 6.01 Å². The molecule has 1 atom stereocenters. The summed E-state index contributed by atoms with van der Waals surface area (Å²) >= 11 is 0. The van der Waals surface area contributed by atoms with Crippen LogP contribution in [-0.2, 0) is 4.74 Å². The van der Waals surface area contributed by atoms with Gasteiger partial charge in [0.15, 0.2) is 11.9 Å². The molecule has 1 fully saturated rings. The van der Waals surface area contributed by atoms with Crippen molar-refractivity contribution in [1.29, 1.82) is 0 Å². The van der Waals surface area contributed by atoms with Crippen LogP contribution in [-0.4, -0.2) is 40.9 Å². The summed E-state index contributed by atoms with van der Waals surface area (Å²) < 4.78 is 21.8. The minimum absolute atomic E-state index is 0.115. The van der Waals surface area contributed by atoms with Crippen molar-refractivity contribution in [2.75, 3.05) is 19.8 Å². The Morgan fingerprint density at radius 3 is 3.10 bits per heavy atom. The molecule has 1 aliphatic rings. The predicted octanol–water partition coefficient (Wildman–Crippen LogP) is 1.96. The fraction of sp³-hybridized carbons (Fsp3) is 0.615. The van der Waals surface area contributed by atoms with Crippen LogP contribution in [0.2, 0.25) is 0 Å². The highest BCUT2D eigenvalue weighted by Gasteiger charge is 2.18. The average Bonchev–Trinajstić information content (AvgIpc) is 3.13. The van der Waals surface area contributed by atoms with E-state index in [9.17, 15) is 0 Å². The van der Waals surface area contributed by atoms with Gasteiger partial charge in [0, 0.05) is 6.61 Å². The van der Waals surface area contributed by atoms with Crippen molar-refractivity contribution in [3.63, 3.8) is 0 Å². The van der Waals surface area contributed by atoms with E-state index >= 15 is 0 Å². The third-order valence-corrected chi connectivity index (χ3v) is 3.01. The molecule has 0 bridgehead atoms. The lowest BCUT2D eigenvalue weighted by Crippen LogP contribution is -2.17. The van der Waals surface area contributed by atoms with Crippen LogP contribution in [0.15, 0.2) is 10.8 Å². The molecular formula is C13H17N3O4. The van der Waals surface area contributed by atoms with Gasteiger partial charge in [-0.2, -0.15) is 9.97 Å². The minimum atomic E-state index is 0.115. The van der Waals surface area contributed by atoms with Crippen molar-refractivity contribution in [1.82, 2.24) is 15.0 Å². The maximum atomic E-state index is 5.57. The minimum Gasteiger partial charge on any atom is -0.476 e. The van der Waals surface area contributed by atoms with Crippen LogP contribution >= 0.6 is 0 Å². The van der Waals surface area contributed by atoms with E-state index < -0.39 is 0 Å². The number of hydrogen-bond donors (Lipinski definition) is 0. The Morgan fingerprint density at radius 1 is 1.35 bits per heavy atom. The summed E-state index contributed by atoms with van der Waals surface area (Å²) in [5.41, 5.74) is 0.886. The van der Waals surface area contributed by atoms with Crippen LogP contribution in [0.25, 0.3) is 11.2 Å². The number of ether oxygens (including phenoxy) is 3. The maximum Gasteiger partial charge on any atom is 0.323 e. The molecule has 1 aliphatic heterocycles. The molecule has 7 nitrogen and oxygen atoms in total.